The van der Waals surface area contributed by atoms with Crippen LogP contribution < -0.4 is 0 Å². The van der Waals surface area contributed by atoms with Gasteiger partial charge in [-0.25, -0.2) is 8.42 Å². The fourth-order valence-electron chi connectivity index (χ4n) is 3.10. The van der Waals surface area contributed by atoms with Crippen LogP contribution in [0.4, 0.5) is 0 Å². The highest BCUT2D eigenvalue weighted by Gasteiger charge is 2.34. The van der Waals surface area contributed by atoms with E-state index in [0.29, 0.717) is 5.02 Å². The van der Waals surface area contributed by atoms with Crippen molar-refractivity contribution in [2.45, 2.75) is 51.2 Å². The van der Waals surface area contributed by atoms with Gasteiger partial charge in [0.2, 0.25) is 0 Å². The zero-order valence-corrected chi connectivity index (χ0v) is 16.7. The van der Waals surface area contributed by atoms with Crippen molar-refractivity contribution < 1.29 is 13.2 Å². The first-order chi connectivity index (χ1) is 11.6. The molecule has 0 aromatic heterocycles. The number of benzene rings is 1. The molecule has 0 N–H and O–H groups in total. The highest BCUT2D eigenvalue weighted by Crippen LogP contribution is 2.32. The first-order valence-corrected chi connectivity index (χ1v) is 10.8. The van der Waals surface area contributed by atoms with E-state index >= 15 is 0 Å². The monoisotopic (exact) mass is 382 g/mol. The second-order valence-electron chi connectivity index (χ2n) is 7.90. The van der Waals surface area contributed by atoms with E-state index in [-0.39, 0.29) is 23.4 Å². The average Bonchev–Trinajstić information content (AvgIpc) is 2.52. The molecule has 1 fully saturated rings. The summed E-state index contributed by atoms with van der Waals surface area (Å²) in [6.07, 6.45) is 6.56. The summed E-state index contributed by atoms with van der Waals surface area (Å²) >= 11 is 5.94. The van der Waals surface area contributed by atoms with Crippen LogP contribution in [0, 0.1) is 11.8 Å². The zero-order chi connectivity index (χ0) is 18.7. The Morgan fingerprint density at radius 1 is 1.20 bits per heavy atom. The standard InChI is InChI=1S/C20H27ClO3S/c1-20(2,3)25(23,24)14-16-7-10-17(11-8-16)19(22)12-9-15-5-4-6-18(21)13-15/h4-6,9,12-13,16-17H,7-8,10-11,14H2,1-3H3/b12-9+. The summed E-state index contributed by atoms with van der Waals surface area (Å²) < 4.78 is 24.0. The molecule has 1 aliphatic carbocycles. The SMILES string of the molecule is CC(C)(C)S(=O)(=O)CC1CCC(C(=O)/C=C/c2cccc(Cl)c2)CC1. The predicted molar refractivity (Wildman–Crippen MR) is 104 cm³/mol. The summed E-state index contributed by atoms with van der Waals surface area (Å²) in [4.78, 5) is 12.4. The maximum Gasteiger partial charge on any atom is 0.158 e. The van der Waals surface area contributed by atoms with E-state index in [1.54, 1.807) is 39.0 Å². The van der Waals surface area contributed by atoms with Crippen LogP contribution in [0.3, 0.4) is 0 Å². The highest BCUT2D eigenvalue weighted by molar-refractivity contribution is 7.92. The molecule has 1 aromatic carbocycles. The molecule has 0 aliphatic heterocycles. The fourth-order valence-corrected chi connectivity index (χ4v) is 4.75. The lowest BCUT2D eigenvalue weighted by molar-refractivity contribution is -0.119. The molecule has 5 heteroatoms. The van der Waals surface area contributed by atoms with Crippen LogP contribution in [0.1, 0.15) is 52.0 Å². The van der Waals surface area contributed by atoms with E-state index < -0.39 is 14.6 Å². The second kappa shape index (κ2) is 8.05. The largest absolute Gasteiger partial charge is 0.295 e. The summed E-state index contributed by atoms with van der Waals surface area (Å²) in [6.45, 7) is 5.24. The van der Waals surface area contributed by atoms with Crippen LogP contribution in [0.2, 0.25) is 5.02 Å². The van der Waals surface area contributed by atoms with Gasteiger partial charge in [0.25, 0.3) is 0 Å². The molecule has 0 heterocycles. The lowest BCUT2D eigenvalue weighted by Crippen LogP contribution is -2.34. The van der Waals surface area contributed by atoms with Crippen molar-refractivity contribution in [3.05, 3.63) is 40.9 Å². The maximum absolute atomic E-state index is 12.4. The number of halogens is 1. The van der Waals surface area contributed by atoms with Crippen molar-refractivity contribution in [2.75, 3.05) is 5.75 Å². The van der Waals surface area contributed by atoms with Crippen molar-refractivity contribution in [2.24, 2.45) is 11.8 Å². The van der Waals surface area contributed by atoms with Crippen LogP contribution in [0.25, 0.3) is 6.08 Å². The van der Waals surface area contributed by atoms with E-state index in [4.69, 9.17) is 11.6 Å². The topological polar surface area (TPSA) is 51.2 Å². The summed E-state index contributed by atoms with van der Waals surface area (Å²) in [5, 5.41) is 0.648. The summed E-state index contributed by atoms with van der Waals surface area (Å²) in [5.41, 5.74) is 0.908. The molecule has 0 amide bonds. The molecule has 3 nitrogen and oxygen atoms in total. The lowest BCUT2D eigenvalue weighted by atomic mass is 9.80. The molecular weight excluding hydrogens is 356 g/mol. The first-order valence-electron chi connectivity index (χ1n) is 8.78. The van der Waals surface area contributed by atoms with E-state index in [9.17, 15) is 13.2 Å². The molecule has 0 spiro atoms. The number of carbonyl (C=O) groups excluding carboxylic acids is 1. The number of carbonyl (C=O) groups is 1. The van der Waals surface area contributed by atoms with Gasteiger partial charge >= 0.3 is 0 Å². The van der Waals surface area contributed by atoms with Crippen LogP contribution in [0.5, 0.6) is 0 Å². The van der Waals surface area contributed by atoms with Crippen LogP contribution >= 0.6 is 11.6 Å². The average molecular weight is 383 g/mol. The van der Waals surface area contributed by atoms with Gasteiger partial charge in [-0.2, -0.15) is 0 Å². The Kier molecular flexibility index (Phi) is 6.50. The summed E-state index contributed by atoms with van der Waals surface area (Å²) in [7, 11) is -3.10. The first kappa shape index (κ1) is 20.2. The molecule has 0 radical (unpaired) electrons. The van der Waals surface area contributed by atoms with Gasteiger partial charge in [-0.05, 0) is 76.1 Å². The Morgan fingerprint density at radius 2 is 1.84 bits per heavy atom. The lowest BCUT2D eigenvalue weighted by Gasteiger charge is -2.29. The van der Waals surface area contributed by atoms with Gasteiger partial charge in [0.1, 0.15) is 0 Å². The van der Waals surface area contributed by atoms with Crippen molar-refractivity contribution >= 4 is 33.3 Å². The molecule has 0 unspecified atom stereocenters. The molecule has 25 heavy (non-hydrogen) atoms. The van der Waals surface area contributed by atoms with E-state index in [0.717, 1.165) is 31.2 Å². The number of allylic oxidation sites excluding steroid dienone is 1. The quantitative estimate of drug-likeness (QED) is 0.677. The molecule has 1 aliphatic rings. The van der Waals surface area contributed by atoms with Crippen molar-refractivity contribution in [3.8, 4) is 0 Å². The Labute approximate surface area is 156 Å². The van der Waals surface area contributed by atoms with Crippen molar-refractivity contribution in [1.82, 2.24) is 0 Å². The molecular formula is C20H27ClO3S. The smallest absolute Gasteiger partial charge is 0.158 e. The molecule has 138 valence electrons. The van der Waals surface area contributed by atoms with Crippen LogP contribution in [-0.4, -0.2) is 24.7 Å². The highest BCUT2D eigenvalue weighted by atomic mass is 35.5. The summed E-state index contributed by atoms with van der Waals surface area (Å²) in [5.74, 6) is 0.529. The molecule has 2 rings (SSSR count). The molecule has 0 atom stereocenters. The number of hydrogen-bond donors (Lipinski definition) is 0. The minimum atomic E-state index is -3.10. The molecule has 1 saturated carbocycles. The Hall–Kier alpha value is -1.13. The van der Waals surface area contributed by atoms with Gasteiger partial charge in [0.05, 0.1) is 10.5 Å². The number of hydrogen-bond acceptors (Lipinski definition) is 3. The van der Waals surface area contributed by atoms with E-state index in [2.05, 4.69) is 0 Å². The number of sulfone groups is 1. The van der Waals surface area contributed by atoms with Crippen LogP contribution in [-0.2, 0) is 14.6 Å². The minimum Gasteiger partial charge on any atom is -0.295 e. The fraction of sp³-hybridized carbons (Fsp3) is 0.550. The van der Waals surface area contributed by atoms with Crippen LogP contribution in [0.15, 0.2) is 30.3 Å². The van der Waals surface area contributed by atoms with E-state index in [1.165, 1.54) is 0 Å². The van der Waals surface area contributed by atoms with Crippen molar-refractivity contribution in [1.29, 1.82) is 0 Å². The van der Waals surface area contributed by atoms with Gasteiger partial charge < -0.3 is 0 Å². The number of rotatable bonds is 5. The third kappa shape index (κ3) is 5.68. The zero-order valence-electron chi connectivity index (χ0n) is 15.2. The predicted octanol–water partition coefficient (Wildman–Crippen LogP) is 4.94. The maximum atomic E-state index is 12.4. The van der Waals surface area contributed by atoms with Crippen molar-refractivity contribution in [3.63, 3.8) is 0 Å². The third-order valence-electron chi connectivity index (χ3n) is 4.93. The second-order valence-corrected chi connectivity index (χ2v) is 11.1. The minimum absolute atomic E-state index is 0.00373. The Balaban J connectivity index is 1.88. The Bertz CT molecular complexity index is 736. The third-order valence-corrected chi connectivity index (χ3v) is 7.94. The molecule has 0 bridgehead atoms. The van der Waals surface area contributed by atoms with Gasteiger partial charge in [-0.15, -0.1) is 0 Å². The van der Waals surface area contributed by atoms with Gasteiger partial charge in [0.15, 0.2) is 15.6 Å². The van der Waals surface area contributed by atoms with Gasteiger partial charge in [0, 0.05) is 10.9 Å². The van der Waals surface area contributed by atoms with Gasteiger partial charge in [-0.1, -0.05) is 29.8 Å². The number of ketones is 1. The molecule has 1 aromatic rings. The molecule has 0 saturated heterocycles. The Morgan fingerprint density at radius 3 is 2.40 bits per heavy atom. The van der Waals surface area contributed by atoms with E-state index in [1.807, 2.05) is 18.2 Å². The normalized spacial score (nSPS) is 22.2. The summed E-state index contributed by atoms with van der Waals surface area (Å²) in [6, 6.07) is 7.38. The van der Waals surface area contributed by atoms with Gasteiger partial charge in [-0.3, -0.25) is 4.79 Å².